The number of aliphatic hydroxyl groups excluding tert-OH is 1. The van der Waals surface area contributed by atoms with E-state index in [0.717, 1.165) is 61.2 Å². The first-order valence-electron chi connectivity index (χ1n) is 9.93. The van der Waals surface area contributed by atoms with E-state index in [4.69, 9.17) is 11.6 Å². The second kappa shape index (κ2) is 7.85. The molecule has 0 saturated heterocycles. The van der Waals surface area contributed by atoms with Gasteiger partial charge in [0, 0.05) is 41.4 Å². The van der Waals surface area contributed by atoms with Gasteiger partial charge in [-0.3, -0.25) is 4.98 Å². The lowest BCUT2D eigenvalue weighted by atomic mass is 9.83. The molecule has 4 N–H and O–H groups in total. The zero-order valence-corrected chi connectivity index (χ0v) is 16.8. The third-order valence-corrected chi connectivity index (χ3v) is 6.02. The molecule has 0 unspecified atom stereocenters. The van der Waals surface area contributed by atoms with Crippen molar-refractivity contribution in [2.45, 2.75) is 69.2 Å². The van der Waals surface area contributed by atoms with E-state index in [2.05, 4.69) is 20.6 Å². The highest BCUT2D eigenvalue weighted by Gasteiger charge is 2.29. The Morgan fingerprint density at radius 1 is 1.11 bits per heavy atom. The zero-order chi connectivity index (χ0) is 19.7. The number of hydrogen-bond acceptors (Lipinski definition) is 6. The van der Waals surface area contributed by atoms with Gasteiger partial charge in [-0.2, -0.15) is 0 Å². The molecule has 4 rings (SSSR count). The third-order valence-electron chi connectivity index (χ3n) is 5.81. The van der Waals surface area contributed by atoms with Gasteiger partial charge in [-0.1, -0.05) is 11.6 Å². The van der Waals surface area contributed by atoms with Gasteiger partial charge in [0.2, 0.25) is 0 Å². The monoisotopic (exact) mass is 402 g/mol. The summed E-state index contributed by atoms with van der Waals surface area (Å²) in [6.07, 6.45) is 8.28. The van der Waals surface area contributed by atoms with Crippen LogP contribution in [0.2, 0.25) is 5.15 Å². The Morgan fingerprint density at radius 2 is 1.86 bits per heavy atom. The minimum Gasteiger partial charge on any atom is -0.393 e. The number of hydrogen-bond donors (Lipinski definition) is 4. The van der Waals surface area contributed by atoms with Crippen molar-refractivity contribution in [3.63, 3.8) is 0 Å². The van der Waals surface area contributed by atoms with Crippen LogP contribution in [0, 0.1) is 0 Å². The van der Waals surface area contributed by atoms with Crippen molar-refractivity contribution in [1.82, 2.24) is 9.97 Å². The summed E-state index contributed by atoms with van der Waals surface area (Å²) in [7, 11) is 0. The van der Waals surface area contributed by atoms with Crippen LogP contribution >= 0.6 is 11.6 Å². The highest BCUT2D eigenvalue weighted by Crippen LogP contribution is 2.34. The number of aromatic nitrogens is 2. The minimum absolute atomic E-state index is 0.189. The van der Waals surface area contributed by atoms with Gasteiger partial charge in [0.15, 0.2) is 0 Å². The van der Waals surface area contributed by atoms with Crippen molar-refractivity contribution in [2.75, 3.05) is 10.6 Å². The van der Waals surface area contributed by atoms with Crippen LogP contribution < -0.4 is 10.6 Å². The van der Waals surface area contributed by atoms with E-state index < -0.39 is 5.60 Å². The summed E-state index contributed by atoms with van der Waals surface area (Å²) in [4.78, 5) is 8.78. The third kappa shape index (κ3) is 4.57. The molecule has 0 radical (unpaired) electrons. The molecule has 2 aliphatic carbocycles. The van der Waals surface area contributed by atoms with Crippen LogP contribution in [0.1, 0.15) is 45.4 Å². The van der Waals surface area contributed by atoms with Crippen molar-refractivity contribution >= 4 is 23.0 Å². The number of nitrogens with one attached hydrogen (secondary N) is 2. The van der Waals surface area contributed by atoms with E-state index in [0.29, 0.717) is 11.2 Å². The first kappa shape index (κ1) is 19.4. The molecule has 0 spiro atoms. The van der Waals surface area contributed by atoms with E-state index in [9.17, 15) is 10.2 Å². The molecule has 0 atom stereocenters. The summed E-state index contributed by atoms with van der Waals surface area (Å²) in [6, 6.07) is 6.38. The summed E-state index contributed by atoms with van der Waals surface area (Å²) in [5.74, 6) is 0. The molecule has 2 fully saturated rings. The van der Waals surface area contributed by atoms with Gasteiger partial charge < -0.3 is 20.8 Å². The van der Waals surface area contributed by atoms with Gasteiger partial charge >= 0.3 is 0 Å². The van der Waals surface area contributed by atoms with Gasteiger partial charge in [-0.05, 0) is 63.6 Å². The van der Waals surface area contributed by atoms with Gasteiger partial charge in [0.1, 0.15) is 5.15 Å². The fourth-order valence-electron chi connectivity index (χ4n) is 3.97. The van der Waals surface area contributed by atoms with Crippen molar-refractivity contribution in [1.29, 1.82) is 0 Å². The standard InChI is InChI=1S/C21H27ClN4O2/c1-21(28)5-2-13(3-6-21)26-19-11-20(22)24-12-17(19)18-10-14(4-7-23-18)25-15-8-16(27)9-15/h4,7,10-13,15-16,27-28H,2-3,5-6,8-9H2,1H3,(H,23,25)(H,24,26). The van der Waals surface area contributed by atoms with E-state index in [-0.39, 0.29) is 12.1 Å². The molecule has 28 heavy (non-hydrogen) atoms. The smallest absolute Gasteiger partial charge is 0.131 e. The Balaban J connectivity index is 1.53. The van der Waals surface area contributed by atoms with Crippen LogP contribution in [0.25, 0.3) is 11.3 Å². The lowest BCUT2D eigenvalue weighted by molar-refractivity contribution is 0.0196. The lowest BCUT2D eigenvalue weighted by Gasteiger charge is -2.34. The van der Waals surface area contributed by atoms with Gasteiger partial charge in [-0.25, -0.2) is 4.98 Å². The van der Waals surface area contributed by atoms with E-state index in [1.165, 1.54) is 0 Å². The van der Waals surface area contributed by atoms with Crippen LogP contribution in [-0.2, 0) is 0 Å². The molecular formula is C21H27ClN4O2. The highest BCUT2D eigenvalue weighted by molar-refractivity contribution is 6.29. The molecular weight excluding hydrogens is 376 g/mol. The highest BCUT2D eigenvalue weighted by atomic mass is 35.5. The van der Waals surface area contributed by atoms with Crippen LogP contribution in [-0.4, -0.2) is 44.0 Å². The topological polar surface area (TPSA) is 90.3 Å². The van der Waals surface area contributed by atoms with Gasteiger partial charge in [0.05, 0.1) is 17.4 Å². The molecule has 0 bridgehead atoms. The Labute approximate surface area is 170 Å². The molecule has 2 aliphatic rings. The normalized spacial score (nSPS) is 29.8. The fourth-order valence-corrected chi connectivity index (χ4v) is 4.12. The van der Waals surface area contributed by atoms with Crippen LogP contribution in [0.15, 0.2) is 30.6 Å². The largest absolute Gasteiger partial charge is 0.393 e. The van der Waals surface area contributed by atoms with Crippen molar-refractivity contribution in [3.8, 4) is 11.3 Å². The second-order valence-electron chi connectivity index (χ2n) is 8.36. The summed E-state index contributed by atoms with van der Waals surface area (Å²) in [6.45, 7) is 1.90. The molecule has 0 amide bonds. The average Bonchev–Trinajstić information content (AvgIpc) is 2.63. The van der Waals surface area contributed by atoms with E-state index in [1.54, 1.807) is 12.4 Å². The molecule has 2 aromatic heterocycles. The first-order valence-corrected chi connectivity index (χ1v) is 10.3. The van der Waals surface area contributed by atoms with Crippen molar-refractivity contribution < 1.29 is 10.2 Å². The SMILES string of the molecule is CC1(O)CCC(Nc2cc(Cl)ncc2-c2cc(NC3CC(O)C3)ccn2)CC1. The maximum absolute atomic E-state index is 10.2. The molecule has 6 nitrogen and oxygen atoms in total. The molecule has 7 heteroatoms. The molecule has 2 saturated carbocycles. The number of rotatable bonds is 5. The van der Waals surface area contributed by atoms with E-state index >= 15 is 0 Å². The average molecular weight is 403 g/mol. The summed E-state index contributed by atoms with van der Waals surface area (Å²) < 4.78 is 0. The zero-order valence-electron chi connectivity index (χ0n) is 16.0. The number of nitrogens with zero attached hydrogens (tertiary/aromatic N) is 2. The Morgan fingerprint density at radius 3 is 2.57 bits per heavy atom. The predicted molar refractivity (Wildman–Crippen MR) is 112 cm³/mol. The second-order valence-corrected chi connectivity index (χ2v) is 8.75. The molecule has 2 aromatic rings. The Kier molecular flexibility index (Phi) is 5.45. The molecule has 150 valence electrons. The minimum atomic E-state index is -0.562. The van der Waals surface area contributed by atoms with E-state index in [1.807, 2.05) is 25.1 Å². The van der Waals surface area contributed by atoms with Crippen LogP contribution in [0.5, 0.6) is 0 Å². The predicted octanol–water partition coefficient (Wildman–Crippen LogP) is 3.84. The van der Waals surface area contributed by atoms with Gasteiger partial charge in [-0.15, -0.1) is 0 Å². The first-order chi connectivity index (χ1) is 13.4. The van der Waals surface area contributed by atoms with Crippen LogP contribution in [0.3, 0.4) is 0 Å². The molecule has 2 heterocycles. The summed E-state index contributed by atoms with van der Waals surface area (Å²) in [5, 5.41) is 27.1. The fraction of sp³-hybridized carbons (Fsp3) is 0.524. The Hall–Kier alpha value is -1.89. The number of halogens is 1. The molecule has 0 aliphatic heterocycles. The Bertz CT molecular complexity index is 829. The molecule has 0 aromatic carbocycles. The maximum Gasteiger partial charge on any atom is 0.131 e. The maximum atomic E-state index is 10.2. The lowest BCUT2D eigenvalue weighted by Crippen LogP contribution is -2.38. The summed E-state index contributed by atoms with van der Waals surface area (Å²) >= 11 is 6.16. The van der Waals surface area contributed by atoms with Crippen molar-refractivity contribution in [2.24, 2.45) is 0 Å². The van der Waals surface area contributed by atoms with Gasteiger partial charge in [0.25, 0.3) is 0 Å². The number of pyridine rings is 2. The number of aliphatic hydroxyl groups is 2. The summed E-state index contributed by atoms with van der Waals surface area (Å²) in [5.41, 5.74) is 3.05. The van der Waals surface area contributed by atoms with Crippen molar-refractivity contribution in [3.05, 3.63) is 35.7 Å². The number of anilines is 2. The quantitative estimate of drug-likeness (QED) is 0.568. The van der Waals surface area contributed by atoms with Crippen LogP contribution in [0.4, 0.5) is 11.4 Å².